The molecule has 22 heavy (non-hydrogen) atoms. The van der Waals surface area contributed by atoms with E-state index in [1.165, 1.54) is 21.3 Å². The van der Waals surface area contributed by atoms with E-state index in [1.807, 2.05) is 36.3 Å². The lowest BCUT2D eigenvalue weighted by Gasteiger charge is -2.30. The number of amidine groups is 1. The van der Waals surface area contributed by atoms with Gasteiger partial charge in [-0.3, -0.25) is 4.99 Å². The van der Waals surface area contributed by atoms with Gasteiger partial charge in [-0.25, -0.2) is 0 Å². The molecule has 0 bridgehead atoms. The predicted octanol–water partition coefficient (Wildman–Crippen LogP) is 2.92. The molecule has 5 nitrogen and oxygen atoms in total. The van der Waals surface area contributed by atoms with Crippen molar-refractivity contribution in [2.75, 3.05) is 42.7 Å². The van der Waals surface area contributed by atoms with E-state index < -0.39 is 0 Å². The molecule has 0 spiro atoms. The maximum Gasteiger partial charge on any atom is 0.121 e. The van der Waals surface area contributed by atoms with E-state index in [0.717, 1.165) is 23.8 Å². The zero-order chi connectivity index (χ0) is 15.9. The molecular formula is C15H25N5S2. The first-order valence-corrected chi connectivity index (χ1v) is 9.38. The van der Waals surface area contributed by atoms with Gasteiger partial charge in [0.2, 0.25) is 0 Å². The van der Waals surface area contributed by atoms with Gasteiger partial charge in [0.25, 0.3) is 0 Å². The lowest BCUT2D eigenvalue weighted by Crippen LogP contribution is -2.37. The molecule has 4 N–H and O–H groups in total. The van der Waals surface area contributed by atoms with Crippen LogP contribution in [0.25, 0.3) is 0 Å². The summed E-state index contributed by atoms with van der Waals surface area (Å²) in [5.41, 5.74) is 7.90. The topological polar surface area (TPSA) is 65.7 Å². The van der Waals surface area contributed by atoms with Gasteiger partial charge in [-0.15, -0.1) is 23.1 Å². The van der Waals surface area contributed by atoms with E-state index in [0.29, 0.717) is 13.1 Å². The van der Waals surface area contributed by atoms with Gasteiger partial charge in [0.05, 0.1) is 23.0 Å². The molecule has 0 amide bonds. The van der Waals surface area contributed by atoms with Gasteiger partial charge in [-0.2, -0.15) is 0 Å². The summed E-state index contributed by atoms with van der Waals surface area (Å²) in [5, 5.41) is 7.83. The largest absolute Gasteiger partial charge is 0.393 e. The van der Waals surface area contributed by atoms with Gasteiger partial charge in [-0.1, -0.05) is 6.92 Å². The Morgan fingerprint density at radius 2 is 2.45 bits per heavy atom. The lowest BCUT2D eigenvalue weighted by atomic mass is 10.3. The Kier molecular flexibility index (Phi) is 6.60. The molecule has 0 fully saturated rings. The van der Waals surface area contributed by atoms with Crippen molar-refractivity contribution in [1.82, 2.24) is 5.32 Å². The lowest BCUT2D eigenvalue weighted by molar-refractivity contribution is 0.944. The second-order valence-corrected chi connectivity index (χ2v) is 7.46. The number of allylic oxidation sites excluding steroid dienone is 1. The van der Waals surface area contributed by atoms with Gasteiger partial charge < -0.3 is 21.3 Å². The maximum absolute atomic E-state index is 5.57. The third-order valence-corrected chi connectivity index (χ3v) is 5.75. The number of thiophene rings is 1. The minimum atomic E-state index is 0.574. The standard InChI is InChI=1S/C15H25N5S2/c1-4-7-21-14-8-12-15(22-14)20(11(2)9-17-3)10-13(19-12)18-6-5-16/h8-9,17H,4-7,10,16H2,1-3H3,(H,18,19)/b11-9-. The number of hydrogen-bond acceptors (Lipinski definition) is 6. The molecule has 2 rings (SSSR count). The van der Waals surface area contributed by atoms with Crippen LogP contribution in [0.1, 0.15) is 20.3 Å². The highest BCUT2D eigenvalue weighted by molar-refractivity contribution is 8.01. The molecule has 0 aliphatic carbocycles. The molecule has 122 valence electrons. The van der Waals surface area contributed by atoms with Crippen LogP contribution in [0.2, 0.25) is 0 Å². The summed E-state index contributed by atoms with van der Waals surface area (Å²) in [7, 11) is 1.92. The molecular weight excluding hydrogens is 314 g/mol. The van der Waals surface area contributed by atoms with E-state index >= 15 is 0 Å². The monoisotopic (exact) mass is 339 g/mol. The van der Waals surface area contributed by atoms with Crippen molar-refractivity contribution in [3.05, 3.63) is 18.0 Å². The molecule has 0 unspecified atom stereocenters. The average Bonchev–Trinajstić information content (AvgIpc) is 2.93. The van der Waals surface area contributed by atoms with Crippen molar-refractivity contribution in [2.24, 2.45) is 10.7 Å². The van der Waals surface area contributed by atoms with Crippen LogP contribution in [-0.4, -0.2) is 38.3 Å². The van der Waals surface area contributed by atoms with E-state index in [1.54, 1.807) is 0 Å². The smallest absolute Gasteiger partial charge is 0.121 e. The summed E-state index contributed by atoms with van der Waals surface area (Å²) >= 11 is 3.76. The first kappa shape index (κ1) is 17.2. The van der Waals surface area contributed by atoms with E-state index in [9.17, 15) is 0 Å². The van der Waals surface area contributed by atoms with Gasteiger partial charge in [0, 0.05) is 25.5 Å². The SMILES string of the molecule is CCCSc1cc2c(s1)N(/C(C)=C\NC)CC(=NCCN)N2. The van der Waals surface area contributed by atoms with Crippen LogP contribution in [0.4, 0.5) is 10.7 Å². The van der Waals surface area contributed by atoms with Gasteiger partial charge in [-0.05, 0) is 25.2 Å². The minimum absolute atomic E-state index is 0.574. The number of hydrogen-bond donors (Lipinski definition) is 3. The second kappa shape index (κ2) is 8.45. The fraction of sp³-hybridized carbons (Fsp3) is 0.533. The Morgan fingerprint density at radius 1 is 1.64 bits per heavy atom. The van der Waals surface area contributed by atoms with Crippen molar-refractivity contribution in [3.63, 3.8) is 0 Å². The van der Waals surface area contributed by atoms with Crippen LogP contribution in [0.5, 0.6) is 0 Å². The van der Waals surface area contributed by atoms with E-state index in [-0.39, 0.29) is 0 Å². The van der Waals surface area contributed by atoms with E-state index in [4.69, 9.17) is 5.73 Å². The molecule has 2 heterocycles. The van der Waals surface area contributed by atoms with Gasteiger partial charge in [0.1, 0.15) is 10.8 Å². The molecule has 0 radical (unpaired) electrons. The van der Waals surface area contributed by atoms with E-state index in [2.05, 4.69) is 40.4 Å². The van der Waals surface area contributed by atoms with Crippen LogP contribution in [0.3, 0.4) is 0 Å². The normalized spacial score (nSPS) is 16.6. The molecule has 0 aromatic carbocycles. The summed E-state index contributed by atoms with van der Waals surface area (Å²) in [6.07, 6.45) is 3.21. The molecule has 1 aliphatic heterocycles. The molecule has 1 aromatic rings. The van der Waals surface area contributed by atoms with Gasteiger partial charge >= 0.3 is 0 Å². The zero-order valence-corrected chi connectivity index (χ0v) is 15.1. The van der Waals surface area contributed by atoms with Crippen molar-refractivity contribution >= 4 is 39.6 Å². The number of fused-ring (bicyclic) bond motifs is 1. The molecule has 1 aliphatic rings. The van der Waals surface area contributed by atoms with Gasteiger partial charge in [0.15, 0.2) is 0 Å². The highest BCUT2D eigenvalue weighted by Crippen LogP contribution is 2.44. The summed E-state index contributed by atoms with van der Waals surface area (Å²) < 4.78 is 1.35. The zero-order valence-electron chi connectivity index (χ0n) is 13.5. The van der Waals surface area contributed by atoms with Crippen molar-refractivity contribution < 1.29 is 0 Å². The summed E-state index contributed by atoms with van der Waals surface area (Å²) in [6.45, 7) is 6.31. The Morgan fingerprint density at radius 3 is 3.14 bits per heavy atom. The Balaban J connectivity index is 2.29. The number of anilines is 2. The predicted molar refractivity (Wildman–Crippen MR) is 100 cm³/mol. The average molecular weight is 340 g/mol. The quantitative estimate of drug-likeness (QED) is 0.667. The highest BCUT2D eigenvalue weighted by atomic mass is 32.2. The molecule has 0 atom stereocenters. The first-order chi connectivity index (χ1) is 10.7. The summed E-state index contributed by atoms with van der Waals surface area (Å²) in [5.74, 6) is 2.13. The number of nitrogens with one attached hydrogen (secondary N) is 2. The Hall–Kier alpha value is -1.18. The number of nitrogens with two attached hydrogens (primary N) is 1. The van der Waals surface area contributed by atoms with Crippen molar-refractivity contribution in [3.8, 4) is 0 Å². The number of thioether (sulfide) groups is 1. The summed E-state index contributed by atoms with van der Waals surface area (Å²) in [4.78, 5) is 6.86. The fourth-order valence-corrected chi connectivity index (χ4v) is 4.44. The minimum Gasteiger partial charge on any atom is -0.393 e. The van der Waals surface area contributed by atoms with Crippen LogP contribution in [-0.2, 0) is 0 Å². The highest BCUT2D eigenvalue weighted by Gasteiger charge is 2.24. The molecule has 1 aromatic heterocycles. The number of rotatable bonds is 7. The number of nitrogens with zero attached hydrogens (tertiary/aromatic N) is 2. The van der Waals surface area contributed by atoms with Crippen molar-refractivity contribution in [2.45, 2.75) is 24.5 Å². The van der Waals surface area contributed by atoms with Crippen LogP contribution in [0, 0.1) is 0 Å². The first-order valence-electron chi connectivity index (χ1n) is 7.58. The van der Waals surface area contributed by atoms with Crippen LogP contribution in [0.15, 0.2) is 27.2 Å². The number of aliphatic imine (C=N–C) groups is 1. The summed E-state index contributed by atoms with van der Waals surface area (Å²) in [6, 6.07) is 2.23. The third kappa shape index (κ3) is 4.18. The maximum atomic E-state index is 5.57. The Bertz CT molecular complexity index is 550. The fourth-order valence-electron chi connectivity index (χ4n) is 2.20. The molecule has 0 saturated carbocycles. The Labute approximate surface area is 141 Å². The second-order valence-electron chi connectivity index (χ2n) is 5.04. The van der Waals surface area contributed by atoms with Crippen LogP contribution < -0.4 is 21.3 Å². The van der Waals surface area contributed by atoms with Crippen LogP contribution >= 0.6 is 23.1 Å². The van der Waals surface area contributed by atoms with Crippen molar-refractivity contribution in [1.29, 1.82) is 0 Å². The molecule has 7 heteroatoms. The molecule has 0 saturated heterocycles. The third-order valence-electron chi connectivity index (χ3n) is 3.18.